The van der Waals surface area contributed by atoms with Gasteiger partial charge in [-0.3, -0.25) is 9.69 Å². The summed E-state index contributed by atoms with van der Waals surface area (Å²) in [6.07, 6.45) is 10.8. The second kappa shape index (κ2) is 6.57. The van der Waals surface area contributed by atoms with Gasteiger partial charge in [0.2, 0.25) is 10.1 Å². The van der Waals surface area contributed by atoms with E-state index in [1.165, 1.54) is 73.4 Å². The highest BCUT2D eigenvalue weighted by atomic mass is 32.1. The molecule has 23 heavy (non-hydrogen) atoms. The van der Waals surface area contributed by atoms with E-state index in [1.54, 1.807) is 6.20 Å². The summed E-state index contributed by atoms with van der Waals surface area (Å²) in [4.78, 5) is 19.3. The van der Waals surface area contributed by atoms with Crippen LogP contribution in [-0.2, 0) is 0 Å². The summed E-state index contributed by atoms with van der Waals surface area (Å²) in [6.45, 7) is 2.31. The molecule has 6 nitrogen and oxygen atoms in total. The Morgan fingerprint density at radius 3 is 2.87 bits per heavy atom. The number of aromatic nitrogens is 3. The van der Waals surface area contributed by atoms with Crippen LogP contribution in [0.5, 0.6) is 0 Å². The van der Waals surface area contributed by atoms with Gasteiger partial charge < -0.3 is 5.32 Å². The predicted octanol–water partition coefficient (Wildman–Crippen LogP) is 2.36. The number of likely N-dealkylation sites (tertiary alicyclic amines) is 1. The lowest BCUT2D eigenvalue weighted by molar-refractivity contribution is 0.124. The van der Waals surface area contributed by atoms with E-state index in [-0.39, 0.29) is 5.56 Å². The summed E-state index contributed by atoms with van der Waals surface area (Å²) in [5, 5.41) is 8.71. The van der Waals surface area contributed by atoms with E-state index in [4.69, 9.17) is 0 Å². The zero-order valence-electron chi connectivity index (χ0n) is 13.3. The van der Waals surface area contributed by atoms with Crippen molar-refractivity contribution in [3.05, 3.63) is 22.6 Å². The highest BCUT2D eigenvalue weighted by Crippen LogP contribution is 2.27. The lowest BCUT2D eigenvalue weighted by Gasteiger charge is -2.40. The van der Waals surface area contributed by atoms with E-state index in [2.05, 4.69) is 20.3 Å². The van der Waals surface area contributed by atoms with Crippen molar-refractivity contribution < 1.29 is 0 Å². The summed E-state index contributed by atoms with van der Waals surface area (Å²) in [5.41, 5.74) is -0.119. The average molecular weight is 333 g/mol. The molecule has 7 heteroatoms. The maximum Gasteiger partial charge on any atom is 0.275 e. The Morgan fingerprint density at radius 2 is 2.04 bits per heavy atom. The van der Waals surface area contributed by atoms with Crippen LogP contribution in [0.3, 0.4) is 0 Å². The molecule has 0 spiro atoms. The van der Waals surface area contributed by atoms with Crippen LogP contribution in [0.4, 0.5) is 5.13 Å². The van der Waals surface area contributed by atoms with Gasteiger partial charge in [0.05, 0.1) is 0 Å². The normalized spacial score (nSPS) is 24.1. The molecule has 1 aliphatic heterocycles. The Labute approximate surface area is 139 Å². The van der Waals surface area contributed by atoms with Gasteiger partial charge >= 0.3 is 0 Å². The van der Waals surface area contributed by atoms with Crippen molar-refractivity contribution in [2.24, 2.45) is 0 Å². The molecule has 0 aromatic carbocycles. The Bertz CT molecular complexity index is 721. The molecule has 1 atom stereocenters. The van der Waals surface area contributed by atoms with Crippen LogP contribution in [0, 0.1) is 0 Å². The monoisotopic (exact) mass is 333 g/mol. The molecule has 124 valence electrons. The fourth-order valence-corrected chi connectivity index (χ4v) is 4.73. The topological polar surface area (TPSA) is 62.5 Å². The largest absolute Gasteiger partial charge is 0.356 e. The van der Waals surface area contributed by atoms with Gasteiger partial charge in [0.25, 0.3) is 5.56 Å². The van der Waals surface area contributed by atoms with Gasteiger partial charge in [0, 0.05) is 30.9 Å². The van der Waals surface area contributed by atoms with Gasteiger partial charge in [-0.2, -0.15) is 4.52 Å². The Hall–Kier alpha value is -1.47. The van der Waals surface area contributed by atoms with Gasteiger partial charge in [-0.25, -0.2) is 4.98 Å². The number of fused-ring (bicyclic) bond motifs is 1. The van der Waals surface area contributed by atoms with Crippen LogP contribution in [0.2, 0.25) is 0 Å². The minimum atomic E-state index is -0.119. The smallest absolute Gasteiger partial charge is 0.275 e. The number of anilines is 1. The maximum absolute atomic E-state index is 11.8. The van der Waals surface area contributed by atoms with Crippen LogP contribution < -0.4 is 10.9 Å². The number of piperidine rings is 1. The van der Waals surface area contributed by atoms with Crippen molar-refractivity contribution in [1.29, 1.82) is 0 Å². The van der Waals surface area contributed by atoms with Crippen molar-refractivity contribution in [2.45, 2.75) is 57.0 Å². The molecule has 4 rings (SSSR count). The van der Waals surface area contributed by atoms with Gasteiger partial charge in [-0.1, -0.05) is 30.6 Å². The van der Waals surface area contributed by atoms with Crippen LogP contribution in [0.25, 0.3) is 4.96 Å². The molecule has 1 saturated heterocycles. The van der Waals surface area contributed by atoms with Gasteiger partial charge in [-0.15, -0.1) is 5.10 Å². The van der Waals surface area contributed by atoms with E-state index in [0.29, 0.717) is 11.0 Å². The quantitative estimate of drug-likeness (QED) is 0.934. The zero-order valence-corrected chi connectivity index (χ0v) is 14.1. The molecular weight excluding hydrogens is 310 g/mol. The Morgan fingerprint density at radius 1 is 1.17 bits per heavy atom. The standard InChI is InChI=1S/C16H23N5OS/c22-14-8-9-17-16-21(14)19-15(23-16)18-12-5-4-10-20(11-12)13-6-2-1-3-7-13/h8-9,12-13H,1-7,10-11H2,(H,18,19). The van der Waals surface area contributed by atoms with E-state index in [1.807, 2.05) is 0 Å². The number of rotatable bonds is 3. The molecule has 1 saturated carbocycles. The Balaban J connectivity index is 1.44. The number of nitrogens with one attached hydrogen (secondary N) is 1. The summed E-state index contributed by atoms with van der Waals surface area (Å²) in [7, 11) is 0. The third-order valence-corrected chi connectivity index (χ3v) is 5.90. The van der Waals surface area contributed by atoms with Crippen molar-refractivity contribution >= 4 is 21.4 Å². The first kappa shape index (κ1) is 15.1. The highest BCUT2D eigenvalue weighted by molar-refractivity contribution is 7.20. The zero-order chi connectivity index (χ0) is 15.6. The molecule has 3 heterocycles. The summed E-state index contributed by atoms with van der Waals surface area (Å²) < 4.78 is 1.38. The minimum absolute atomic E-state index is 0.119. The van der Waals surface area contributed by atoms with Crippen LogP contribution in [0.1, 0.15) is 44.9 Å². The minimum Gasteiger partial charge on any atom is -0.356 e. The van der Waals surface area contributed by atoms with E-state index in [9.17, 15) is 4.79 Å². The van der Waals surface area contributed by atoms with Crippen LogP contribution in [-0.4, -0.2) is 44.7 Å². The van der Waals surface area contributed by atoms with Crippen molar-refractivity contribution in [2.75, 3.05) is 18.4 Å². The third kappa shape index (κ3) is 3.26. The van der Waals surface area contributed by atoms with Gasteiger partial charge in [0.15, 0.2) is 0 Å². The summed E-state index contributed by atoms with van der Waals surface area (Å²) in [5.74, 6) is 0. The lowest BCUT2D eigenvalue weighted by atomic mass is 9.92. The van der Waals surface area contributed by atoms with Crippen molar-refractivity contribution in [3.63, 3.8) is 0 Å². The number of nitrogens with zero attached hydrogens (tertiary/aromatic N) is 4. The van der Waals surface area contributed by atoms with E-state index < -0.39 is 0 Å². The molecule has 0 amide bonds. The van der Waals surface area contributed by atoms with Crippen molar-refractivity contribution in [1.82, 2.24) is 19.5 Å². The molecule has 2 aliphatic rings. The SMILES string of the molecule is O=c1ccnc2sc(NC3CCCN(C4CCCCC4)C3)nn12. The first-order valence-electron chi connectivity index (χ1n) is 8.65. The molecule has 1 N–H and O–H groups in total. The lowest BCUT2D eigenvalue weighted by Crippen LogP contribution is -2.47. The first-order valence-corrected chi connectivity index (χ1v) is 9.47. The number of hydrogen-bond acceptors (Lipinski definition) is 6. The van der Waals surface area contributed by atoms with Crippen molar-refractivity contribution in [3.8, 4) is 0 Å². The predicted molar refractivity (Wildman–Crippen MR) is 92.2 cm³/mol. The average Bonchev–Trinajstić information content (AvgIpc) is 3.00. The highest BCUT2D eigenvalue weighted by Gasteiger charge is 2.27. The molecule has 2 fully saturated rings. The third-order valence-electron chi connectivity index (χ3n) is 5.04. The van der Waals surface area contributed by atoms with E-state index in [0.717, 1.165) is 17.7 Å². The summed E-state index contributed by atoms with van der Waals surface area (Å²) >= 11 is 1.45. The molecule has 2 aromatic rings. The van der Waals surface area contributed by atoms with Gasteiger partial charge in [-0.05, 0) is 32.2 Å². The molecule has 2 aromatic heterocycles. The van der Waals surface area contributed by atoms with Crippen LogP contribution >= 0.6 is 11.3 Å². The fraction of sp³-hybridized carbons (Fsp3) is 0.688. The van der Waals surface area contributed by atoms with Gasteiger partial charge in [0.1, 0.15) is 0 Å². The molecule has 1 unspecified atom stereocenters. The molecule has 0 bridgehead atoms. The number of hydrogen-bond donors (Lipinski definition) is 1. The van der Waals surface area contributed by atoms with Crippen LogP contribution in [0.15, 0.2) is 17.1 Å². The molecular formula is C16H23N5OS. The maximum atomic E-state index is 11.8. The summed E-state index contributed by atoms with van der Waals surface area (Å²) in [6, 6.07) is 2.64. The fourth-order valence-electron chi connectivity index (χ4n) is 3.88. The Kier molecular flexibility index (Phi) is 4.31. The second-order valence-electron chi connectivity index (χ2n) is 6.65. The molecule has 1 aliphatic carbocycles. The second-order valence-corrected chi connectivity index (χ2v) is 7.61. The first-order chi connectivity index (χ1) is 11.3. The molecule has 0 radical (unpaired) electrons. The van der Waals surface area contributed by atoms with E-state index >= 15 is 0 Å².